The van der Waals surface area contributed by atoms with Crippen LogP contribution < -0.4 is 0 Å². The molecule has 2 rings (SSSR count). The summed E-state index contributed by atoms with van der Waals surface area (Å²) in [5.41, 5.74) is 0. The molecule has 0 spiro atoms. The Bertz CT molecular complexity index is 279. The average Bonchev–Trinajstić information content (AvgIpc) is 2.33. The summed E-state index contributed by atoms with van der Waals surface area (Å²) in [6.45, 7) is 0. The van der Waals surface area contributed by atoms with Gasteiger partial charge in [0, 0.05) is 17.0 Å². The minimum Gasteiger partial charge on any atom is -0.359 e. The lowest BCUT2D eigenvalue weighted by Gasteiger charge is -1.80. The molecule has 0 saturated heterocycles. The highest BCUT2D eigenvalue weighted by molar-refractivity contribution is 5.80. The molecule has 0 unspecified atom stereocenters. The van der Waals surface area contributed by atoms with Crippen LogP contribution in [0.25, 0.3) is 10.8 Å². The quantitative estimate of drug-likeness (QED) is 0.538. The molecule has 0 amide bonds. The Kier molecular flexibility index (Phi) is 0.833. The van der Waals surface area contributed by atoms with Gasteiger partial charge in [-0.15, -0.1) is 0 Å². The van der Waals surface area contributed by atoms with Crippen molar-refractivity contribution in [3.8, 4) is 0 Å². The Morgan fingerprint density at radius 2 is 2.44 bits per heavy atom. The first-order valence-corrected chi connectivity index (χ1v) is 2.82. The van der Waals surface area contributed by atoms with Gasteiger partial charge in [-0.1, -0.05) is 12.1 Å². The van der Waals surface area contributed by atoms with Crippen LogP contribution in [-0.2, 0) is 0 Å². The lowest BCUT2D eigenvalue weighted by Crippen LogP contribution is -1.58. The fraction of sp³-hybridized carbons (Fsp3) is 0. The number of rotatable bonds is 0. The van der Waals surface area contributed by atoms with Gasteiger partial charge in [-0.25, -0.2) is 0 Å². The Balaban J connectivity index is 2.95. The molecule has 1 heterocycles. The summed E-state index contributed by atoms with van der Waals surface area (Å²) in [4.78, 5) is 2.89. The van der Waals surface area contributed by atoms with Crippen LogP contribution in [0.15, 0.2) is 24.4 Å². The van der Waals surface area contributed by atoms with Crippen LogP contribution >= 0.6 is 0 Å². The molecule has 0 atom stereocenters. The third-order valence-corrected chi connectivity index (χ3v) is 1.33. The summed E-state index contributed by atoms with van der Waals surface area (Å²) >= 11 is 0. The molecule has 0 aliphatic heterocycles. The average molecular weight is 115 g/mol. The first-order chi connectivity index (χ1) is 4.47. The van der Waals surface area contributed by atoms with Gasteiger partial charge in [0.15, 0.2) is 0 Å². The zero-order chi connectivity index (χ0) is 6.10. The summed E-state index contributed by atoms with van der Waals surface area (Å²) in [6, 6.07) is 8.77. The van der Waals surface area contributed by atoms with Gasteiger partial charge in [0.2, 0.25) is 0 Å². The van der Waals surface area contributed by atoms with E-state index in [1.165, 1.54) is 0 Å². The van der Waals surface area contributed by atoms with Crippen LogP contribution in [0.1, 0.15) is 0 Å². The minimum atomic E-state index is 1.12. The lowest BCUT2D eigenvalue weighted by molar-refractivity contribution is 1.41. The van der Waals surface area contributed by atoms with Gasteiger partial charge in [0.05, 0.1) is 6.20 Å². The predicted molar refractivity (Wildman–Crippen MR) is 36.0 cm³/mol. The van der Waals surface area contributed by atoms with E-state index in [4.69, 9.17) is 0 Å². The van der Waals surface area contributed by atoms with Crippen molar-refractivity contribution in [3.63, 3.8) is 0 Å². The number of nitrogens with one attached hydrogen (secondary N) is 1. The Labute approximate surface area is 53.3 Å². The second-order valence-corrected chi connectivity index (χ2v) is 1.93. The van der Waals surface area contributed by atoms with Gasteiger partial charge >= 0.3 is 0 Å². The summed E-state index contributed by atoms with van der Waals surface area (Å²) in [5, 5.41) is 2.28. The number of benzene rings is 1. The molecule has 42 valence electrons. The molecule has 1 aromatic heterocycles. The molecule has 0 aliphatic rings. The standard InChI is InChI=1S/C8H5N/c1-2-4-8-6-9-5-7(8)3-1/h1,3-4,6,9H. The maximum Gasteiger partial charge on any atom is 0.0705 e. The van der Waals surface area contributed by atoms with E-state index in [0.717, 1.165) is 10.8 Å². The molecule has 1 heteroatoms. The monoisotopic (exact) mass is 115 g/mol. The van der Waals surface area contributed by atoms with E-state index in [1.807, 2.05) is 24.4 Å². The van der Waals surface area contributed by atoms with Crippen molar-refractivity contribution >= 4 is 10.8 Å². The molecule has 9 heavy (non-hydrogen) atoms. The van der Waals surface area contributed by atoms with Crippen molar-refractivity contribution in [3.05, 3.63) is 36.7 Å². The van der Waals surface area contributed by atoms with Gasteiger partial charge < -0.3 is 4.98 Å². The number of hydrogen-bond donors (Lipinski definition) is 1. The highest BCUT2D eigenvalue weighted by Gasteiger charge is 1.88. The zero-order valence-corrected chi connectivity index (χ0v) is 4.81. The topological polar surface area (TPSA) is 15.8 Å². The Hall–Kier alpha value is -1.24. The molecule has 0 fully saturated rings. The van der Waals surface area contributed by atoms with E-state index in [1.54, 1.807) is 0 Å². The number of H-pyrrole nitrogens is 1. The first-order valence-electron chi connectivity index (χ1n) is 2.82. The third kappa shape index (κ3) is 0.617. The molecular weight excluding hydrogens is 110 g/mol. The van der Waals surface area contributed by atoms with Crippen molar-refractivity contribution < 1.29 is 0 Å². The molecule has 0 bridgehead atoms. The second-order valence-electron chi connectivity index (χ2n) is 1.93. The Morgan fingerprint density at radius 1 is 1.44 bits per heavy atom. The SMILES string of the molecule is [c]1ccc2[c][nH]cc2c1. The predicted octanol–water partition coefficient (Wildman–Crippen LogP) is 1.77. The van der Waals surface area contributed by atoms with Crippen LogP contribution in [0.5, 0.6) is 0 Å². The van der Waals surface area contributed by atoms with Gasteiger partial charge in [-0.2, -0.15) is 0 Å². The normalized spacial score (nSPS) is 10.2. The number of fused-ring (bicyclic) bond motifs is 1. The lowest BCUT2D eigenvalue weighted by atomic mass is 10.2. The van der Waals surface area contributed by atoms with Crippen molar-refractivity contribution in [2.75, 3.05) is 0 Å². The third-order valence-electron chi connectivity index (χ3n) is 1.33. The molecule has 1 aromatic carbocycles. The van der Waals surface area contributed by atoms with Crippen LogP contribution in [0.3, 0.4) is 0 Å². The molecule has 0 aliphatic carbocycles. The van der Waals surface area contributed by atoms with E-state index >= 15 is 0 Å². The van der Waals surface area contributed by atoms with Crippen LogP contribution in [-0.4, -0.2) is 4.98 Å². The molecule has 1 N–H and O–H groups in total. The summed E-state index contributed by atoms with van der Waals surface area (Å²) in [5.74, 6) is 0. The molecule has 2 radical (unpaired) electrons. The fourth-order valence-electron chi connectivity index (χ4n) is 0.868. The largest absolute Gasteiger partial charge is 0.359 e. The van der Waals surface area contributed by atoms with Crippen molar-refractivity contribution in [1.82, 2.24) is 4.98 Å². The number of aromatic nitrogens is 1. The molecular formula is C8H5N. The summed E-state index contributed by atoms with van der Waals surface area (Å²) < 4.78 is 0. The zero-order valence-electron chi connectivity index (χ0n) is 4.81. The first kappa shape index (κ1) is 4.62. The van der Waals surface area contributed by atoms with Gasteiger partial charge in [0.1, 0.15) is 0 Å². The van der Waals surface area contributed by atoms with E-state index in [0.29, 0.717) is 0 Å². The minimum absolute atomic E-state index is 1.12. The highest BCUT2D eigenvalue weighted by Crippen LogP contribution is 2.09. The Morgan fingerprint density at radius 3 is 3.33 bits per heavy atom. The maximum absolute atomic E-state index is 2.98. The summed E-state index contributed by atoms with van der Waals surface area (Å²) in [6.07, 6.45) is 4.88. The molecule has 1 nitrogen and oxygen atoms in total. The molecule has 0 saturated carbocycles. The van der Waals surface area contributed by atoms with Crippen molar-refractivity contribution in [2.45, 2.75) is 0 Å². The maximum atomic E-state index is 2.98. The van der Waals surface area contributed by atoms with Gasteiger partial charge in [0.25, 0.3) is 0 Å². The van der Waals surface area contributed by atoms with E-state index < -0.39 is 0 Å². The van der Waals surface area contributed by atoms with E-state index in [-0.39, 0.29) is 0 Å². The van der Waals surface area contributed by atoms with Crippen molar-refractivity contribution in [1.29, 1.82) is 0 Å². The summed E-state index contributed by atoms with van der Waals surface area (Å²) in [7, 11) is 0. The van der Waals surface area contributed by atoms with Crippen LogP contribution in [0.4, 0.5) is 0 Å². The molecule has 2 aromatic rings. The second kappa shape index (κ2) is 1.62. The number of hydrogen-bond acceptors (Lipinski definition) is 0. The smallest absolute Gasteiger partial charge is 0.0705 e. The number of aromatic amines is 1. The van der Waals surface area contributed by atoms with Gasteiger partial charge in [-0.3, -0.25) is 0 Å². The fourth-order valence-corrected chi connectivity index (χ4v) is 0.868. The highest BCUT2D eigenvalue weighted by atomic mass is 14.6. The van der Waals surface area contributed by atoms with Crippen molar-refractivity contribution in [2.24, 2.45) is 0 Å². The van der Waals surface area contributed by atoms with Gasteiger partial charge in [-0.05, 0) is 12.1 Å². The van der Waals surface area contributed by atoms with Crippen LogP contribution in [0.2, 0.25) is 0 Å². The van der Waals surface area contributed by atoms with E-state index in [9.17, 15) is 0 Å². The van der Waals surface area contributed by atoms with Crippen LogP contribution in [0, 0.1) is 12.3 Å². The van der Waals surface area contributed by atoms with E-state index in [2.05, 4.69) is 17.2 Å².